The standard InChI is InChI=1S/C9H13N3O/c1-12-5-3-9(13,6-12)8-2-4-10-7-11-8/h2,4,7,13H,3,5-6H2,1H3. The first-order valence-electron chi connectivity index (χ1n) is 4.38. The van der Waals surface area contributed by atoms with Crippen LogP contribution in [-0.4, -0.2) is 40.1 Å². The second-order valence-corrected chi connectivity index (χ2v) is 3.61. The van der Waals surface area contributed by atoms with E-state index in [1.807, 2.05) is 7.05 Å². The minimum atomic E-state index is -0.766. The summed E-state index contributed by atoms with van der Waals surface area (Å²) in [7, 11) is 2.00. The molecule has 1 aliphatic rings. The number of β-amino-alcohol motifs (C(OH)–C–C–N with tert-alkyl or cyclic N) is 1. The molecule has 0 aromatic carbocycles. The van der Waals surface area contributed by atoms with Gasteiger partial charge in [-0.1, -0.05) is 0 Å². The third-order valence-electron chi connectivity index (χ3n) is 2.50. The number of likely N-dealkylation sites (tertiary alicyclic amines) is 1. The van der Waals surface area contributed by atoms with E-state index in [4.69, 9.17) is 0 Å². The molecule has 2 rings (SSSR count). The van der Waals surface area contributed by atoms with Crippen molar-refractivity contribution in [2.45, 2.75) is 12.0 Å². The lowest BCUT2D eigenvalue weighted by Crippen LogP contribution is -2.30. The Kier molecular flexibility index (Phi) is 2.01. The number of hydrogen-bond acceptors (Lipinski definition) is 4. The highest BCUT2D eigenvalue weighted by Crippen LogP contribution is 2.28. The number of rotatable bonds is 1. The van der Waals surface area contributed by atoms with Gasteiger partial charge in [-0.2, -0.15) is 0 Å². The van der Waals surface area contributed by atoms with Crippen LogP contribution in [0.25, 0.3) is 0 Å². The highest BCUT2D eigenvalue weighted by molar-refractivity contribution is 5.12. The largest absolute Gasteiger partial charge is 0.382 e. The lowest BCUT2D eigenvalue weighted by molar-refractivity contribution is 0.0443. The van der Waals surface area contributed by atoms with E-state index in [0.717, 1.165) is 18.7 Å². The summed E-state index contributed by atoms with van der Waals surface area (Å²) in [5, 5.41) is 10.2. The van der Waals surface area contributed by atoms with Crippen molar-refractivity contribution in [3.63, 3.8) is 0 Å². The molecule has 0 spiro atoms. The van der Waals surface area contributed by atoms with Gasteiger partial charge >= 0.3 is 0 Å². The average molecular weight is 179 g/mol. The zero-order chi connectivity index (χ0) is 9.31. The highest BCUT2D eigenvalue weighted by atomic mass is 16.3. The molecule has 4 nitrogen and oxygen atoms in total. The Morgan fingerprint density at radius 2 is 2.46 bits per heavy atom. The maximum absolute atomic E-state index is 10.2. The molecule has 70 valence electrons. The summed E-state index contributed by atoms with van der Waals surface area (Å²) >= 11 is 0. The Labute approximate surface area is 77.2 Å². The third kappa shape index (κ3) is 1.55. The molecule has 0 bridgehead atoms. The van der Waals surface area contributed by atoms with Gasteiger partial charge in [0.15, 0.2) is 0 Å². The Bertz CT molecular complexity index is 290. The Morgan fingerprint density at radius 3 is 3.00 bits per heavy atom. The molecule has 0 radical (unpaired) electrons. The van der Waals surface area contributed by atoms with Crippen LogP contribution in [0.1, 0.15) is 12.1 Å². The minimum absolute atomic E-state index is 0.657. The summed E-state index contributed by atoms with van der Waals surface area (Å²) in [4.78, 5) is 10.0. The summed E-state index contributed by atoms with van der Waals surface area (Å²) in [6.45, 7) is 1.57. The maximum Gasteiger partial charge on any atom is 0.120 e. The zero-order valence-electron chi connectivity index (χ0n) is 7.64. The fourth-order valence-electron chi connectivity index (χ4n) is 1.76. The van der Waals surface area contributed by atoms with Gasteiger partial charge in [0, 0.05) is 19.3 Å². The molecule has 0 amide bonds. The second kappa shape index (κ2) is 3.05. The molecule has 1 atom stereocenters. The lowest BCUT2D eigenvalue weighted by atomic mass is 9.99. The van der Waals surface area contributed by atoms with Gasteiger partial charge in [0.1, 0.15) is 11.9 Å². The van der Waals surface area contributed by atoms with Gasteiger partial charge in [-0.25, -0.2) is 9.97 Å². The predicted molar refractivity (Wildman–Crippen MR) is 48.0 cm³/mol. The van der Waals surface area contributed by atoms with Crippen molar-refractivity contribution in [3.8, 4) is 0 Å². The normalized spacial score (nSPS) is 29.4. The quantitative estimate of drug-likeness (QED) is 0.659. The van der Waals surface area contributed by atoms with E-state index in [0.29, 0.717) is 6.54 Å². The molecule has 0 aliphatic carbocycles. The number of aliphatic hydroxyl groups is 1. The SMILES string of the molecule is CN1CCC(O)(c2ccncn2)C1. The first kappa shape index (κ1) is 8.59. The van der Waals surface area contributed by atoms with Gasteiger partial charge in [-0.3, -0.25) is 0 Å². The summed E-state index contributed by atoms with van der Waals surface area (Å²) < 4.78 is 0. The van der Waals surface area contributed by atoms with Gasteiger partial charge in [0.05, 0.1) is 5.69 Å². The van der Waals surface area contributed by atoms with E-state index in [9.17, 15) is 5.11 Å². The van der Waals surface area contributed by atoms with Crippen molar-refractivity contribution in [2.24, 2.45) is 0 Å². The van der Waals surface area contributed by atoms with Crippen LogP contribution in [0.2, 0.25) is 0 Å². The molecule has 1 aromatic rings. The van der Waals surface area contributed by atoms with E-state index >= 15 is 0 Å². The van der Waals surface area contributed by atoms with Crippen molar-refractivity contribution in [2.75, 3.05) is 20.1 Å². The molecule has 1 N–H and O–H groups in total. The number of aromatic nitrogens is 2. The molecule has 1 aromatic heterocycles. The van der Waals surface area contributed by atoms with E-state index in [-0.39, 0.29) is 0 Å². The molecule has 4 heteroatoms. The molecular formula is C9H13N3O. The molecule has 13 heavy (non-hydrogen) atoms. The van der Waals surface area contributed by atoms with Crippen LogP contribution in [0.3, 0.4) is 0 Å². The van der Waals surface area contributed by atoms with Gasteiger partial charge in [-0.05, 0) is 19.5 Å². The molecule has 1 unspecified atom stereocenters. The second-order valence-electron chi connectivity index (χ2n) is 3.61. The molecular weight excluding hydrogens is 166 g/mol. The van der Waals surface area contributed by atoms with Crippen LogP contribution in [0.5, 0.6) is 0 Å². The van der Waals surface area contributed by atoms with Gasteiger partial charge in [0.2, 0.25) is 0 Å². The first-order chi connectivity index (χ1) is 6.21. The summed E-state index contributed by atoms with van der Waals surface area (Å²) in [5.74, 6) is 0. The smallest absolute Gasteiger partial charge is 0.120 e. The molecule has 1 saturated heterocycles. The fourth-order valence-corrected chi connectivity index (χ4v) is 1.76. The van der Waals surface area contributed by atoms with Crippen molar-refractivity contribution in [3.05, 3.63) is 24.3 Å². The number of nitrogens with zero attached hydrogens (tertiary/aromatic N) is 3. The first-order valence-corrected chi connectivity index (χ1v) is 4.38. The fraction of sp³-hybridized carbons (Fsp3) is 0.556. The van der Waals surface area contributed by atoms with E-state index in [2.05, 4.69) is 14.9 Å². The van der Waals surface area contributed by atoms with Crippen molar-refractivity contribution >= 4 is 0 Å². The molecule has 2 heterocycles. The summed E-state index contributed by atoms with van der Waals surface area (Å²) in [6.07, 6.45) is 3.89. The van der Waals surface area contributed by atoms with Gasteiger partial charge in [0.25, 0.3) is 0 Å². The third-order valence-corrected chi connectivity index (χ3v) is 2.50. The summed E-state index contributed by atoms with van der Waals surface area (Å²) in [5.41, 5.74) is -0.0376. The number of hydrogen-bond donors (Lipinski definition) is 1. The predicted octanol–water partition coefficient (Wildman–Crippen LogP) is -0.000300. The number of likely N-dealkylation sites (N-methyl/N-ethyl adjacent to an activating group) is 1. The molecule has 1 aliphatic heterocycles. The van der Waals surface area contributed by atoms with Gasteiger partial charge in [-0.15, -0.1) is 0 Å². The van der Waals surface area contributed by atoms with Crippen molar-refractivity contribution in [1.29, 1.82) is 0 Å². The molecule has 1 fully saturated rings. The minimum Gasteiger partial charge on any atom is -0.382 e. The van der Waals surface area contributed by atoms with Gasteiger partial charge < -0.3 is 10.0 Å². The Balaban J connectivity index is 2.26. The van der Waals surface area contributed by atoms with Crippen molar-refractivity contribution in [1.82, 2.24) is 14.9 Å². The Hall–Kier alpha value is -1.00. The Morgan fingerprint density at radius 1 is 1.62 bits per heavy atom. The summed E-state index contributed by atoms with van der Waals surface area (Å²) in [6, 6.07) is 1.78. The monoisotopic (exact) mass is 179 g/mol. The molecule has 0 saturated carbocycles. The van der Waals surface area contributed by atoms with Crippen LogP contribution in [0.4, 0.5) is 0 Å². The zero-order valence-corrected chi connectivity index (χ0v) is 7.64. The van der Waals surface area contributed by atoms with Crippen LogP contribution in [0.15, 0.2) is 18.6 Å². The maximum atomic E-state index is 10.2. The highest BCUT2D eigenvalue weighted by Gasteiger charge is 2.37. The van der Waals surface area contributed by atoms with Crippen LogP contribution >= 0.6 is 0 Å². The topological polar surface area (TPSA) is 49.2 Å². The van der Waals surface area contributed by atoms with Crippen LogP contribution < -0.4 is 0 Å². The lowest BCUT2D eigenvalue weighted by Gasteiger charge is -2.20. The van der Waals surface area contributed by atoms with Crippen molar-refractivity contribution < 1.29 is 5.11 Å². The van der Waals surface area contributed by atoms with Crippen LogP contribution in [0, 0.1) is 0 Å². The van der Waals surface area contributed by atoms with E-state index in [1.165, 1.54) is 6.33 Å². The van der Waals surface area contributed by atoms with E-state index in [1.54, 1.807) is 12.3 Å². The van der Waals surface area contributed by atoms with Crippen LogP contribution in [-0.2, 0) is 5.60 Å². The average Bonchev–Trinajstić information content (AvgIpc) is 2.49. The van der Waals surface area contributed by atoms with E-state index < -0.39 is 5.60 Å².